The number of anilines is 2. The fourth-order valence-electron chi connectivity index (χ4n) is 3.60. The van der Waals surface area contributed by atoms with Crippen molar-refractivity contribution in [2.24, 2.45) is 0 Å². The maximum atomic E-state index is 5.84. The molecule has 0 amide bonds. The number of aryl methyl sites for hydroxylation is 3. The van der Waals surface area contributed by atoms with Gasteiger partial charge in [-0.1, -0.05) is 18.2 Å². The molecule has 0 unspecified atom stereocenters. The summed E-state index contributed by atoms with van der Waals surface area (Å²) in [6, 6.07) is 15.6. The van der Waals surface area contributed by atoms with Crippen LogP contribution in [0.2, 0.25) is 0 Å². The molecule has 0 aliphatic heterocycles. The first kappa shape index (κ1) is 18.7. The van der Waals surface area contributed by atoms with Crippen molar-refractivity contribution in [3.05, 3.63) is 59.9 Å². The van der Waals surface area contributed by atoms with Gasteiger partial charge in [-0.3, -0.25) is 0 Å². The first-order chi connectivity index (χ1) is 14.0. The van der Waals surface area contributed by atoms with Crippen LogP contribution in [0.15, 0.2) is 48.5 Å². The number of rotatable bonds is 6. The molecule has 3 heterocycles. The molecule has 4 aromatic rings. The molecule has 0 bridgehead atoms. The lowest BCUT2D eigenvalue weighted by molar-refractivity contribution is 0.408. The van der Waals surface area contributed by atoms with E-state index in [4.69, 9.17) is 21.2 Å². The number of nitrogens with two attached hydrogens (primary N) is 2. The number of imidazole rings is 1. The normalized spacial score (nSPS) is 11.1. The number of methoxy groups -OCH3 is 1. The maximum absolute atomic E-state index is 5.84. The second-order valence-corrected chi connectivity index (χ2v) is 6.97. The van der Waals surface area contributed by atoms with E-state index in [0.29, 0.717) is 11.6 Å². The number of hydrogen-bond donors (Lipinski definition) is 2. The fraction of sp³-hybridized carbons (Fsp3) is 0.227. The Labute approximate surface area is 169 Å². The molecule has 0 radical (unpaired) electrons. The predicted molar refractivity (Wildman–Crippen MR) is 116 cm³/mol. The molecule has 7 heteroatoms. The highest BCUT2D eigenvalue weighted by atomic mass is 16.5. The van der Waals surface area contributed by atoms with E-state index < -0.39 is 0 Å². The Kier molecular flexibility index (Phi) is 5.03. The smallest absolute Gasteiger partial charge is 0.160 e. The predicted octanol–water partition coefficient (Wildman–Crippen LogP) is 3.61. The summed E-state index contributed by atoms with van der Waals surface area (Å²) in [5.74, 6) is 2.62. The highest BCUT2D eigenvalue weighted by molar-refractivity contribution is 5.77. The maximum Gasteiger partial charge on any atom is 0.160 e. The Morgan fingerprint density at radius 2 is 1.72 bits per heavy atom. The first-order valence-corrected chi connectivity index (χ1v) is 9.54. The number of fused-ring (bicyclic) bond motifs is 1. The van der Waals surface area contributed by atoms with Crippen LogP contribution in [0.4, 0.5) is 11.6 Å². The number of para-hydroxylation sites is 1. The molecular formula is C22H24N6O. The zero-order valence-electron chi connectivity index (χ0n) is 16.6. The van der Waals surface area contributed by atoms with Gasteiger partial charge in [-0.15, -0.1) is 0 Å². The molecule has 0 fully saturated rings. The lowest BCUT2D eigenvalue weighted by Crippen LogP contribution is -2.04. The Balaban J connectivity index is 1.61. The summed E-state index contributed by atoms with van der Waals surface area (Å²) in [5.41, 5.74) is 16.3. The van der Waals surface area contributed by atoms with Crippen LogP contribution in [0.5, 0.6) is 5.75 Å². The zero-order valence-corrected chi connectivity index (χ0v) is 16.6. The number of ether oxygens (including phenoxy) is 1. The number of benzene rings is 1. The summed E-state index contributed by atoms with van der Waals surface area (Å²) in [6.07, 6.45) is 1.87. The third-order valence-electron chi connectivity index (χ3n) is 4.96. The van der Waals surface area contributed by atoms with Gasteiger partial charge in [0.1, 0.15) is 28.7 Å². The van der Waals surface area contributed by atoms with Gasteiger partial charge < -0.3 is 20.8 Å². The summed E-state index contributed by atoms with van der Waals surface area (Å²) < 4.78 is 7.61. The molecule has 0 spiro atoms. The Morgan fingerprint density at radius 3 is 2.48 bits per heavy atom. The van der Waals surface area contributed by atoms with Gasteiger partial charge in [-0.2, -0.15) is 0 Å². The summed E-state index contributed by atoms with van der Waals surface area (Å²) in [6.45, 7) is 2.82. The summed E-state index contributed by atoms with van der Waals surface area (Å²) in [5, 5.41) is 0. The van der Waals surface area contributed by atoms with E-state index in [9.17, 15) is 0 Å². The first-order valence-electron chi connectivity index (χ1n) is 9.54. The van der Waals surface area contributed by atoms with Gasteiger partial charge in [-0.05, 0) is 55.7 Å². The van der Waals surface area contributed by atoms with E-state index in [2.05, 4.69) is 20.6 Å². The molecule has 3 aromatic heterocycles. The Morgan fingerprint density at radius 1 is 0.966 bits per heavy atom. The number of pyridine rings is 2. The molecule has 4 N–H and O–H groups in total. The molecule has 0 saturated heterocycles. The molecule has 29 heavy (non-hydrogen) atoms. The summed E-state index contributed by atoms with van der Waals surface area (Å²) in [7, 11) is 1.70. The number of hydrogen-bond acceptors (Lipinski definition) is 6. The summed E-state index contributed by atoms with van der Waals surface area (Å²) in [4.78, 5) is 13.5. The molecule has 7 nitrogen and oxygen atoms in total. The second kappa shape index (κ2) is 7.79. The van der Waals surface area contributed by atoms with Crippen LogP contribution < -0.4 is 16.2 Å². The van der Waals surface area contributed by atoms with Crippen molar-refractivity contribution in [2.45, 2.75) is 26.3 Å². The monoisotopic (exact) mass is 388 g/mol. The number of nitrogen functional groups attached to an aromatic ring is 2. The summed E-state index contributed by atoms with van der Waals surface area (Å²) >= 11 is 0. The topological polar surface area (TPSA) is 105 Å². The zero-order chi connectivity index (χ0) is 20.4. The Bertz CT molecular complexity index is 1150. The lowest BCUT2D eigenvalue weighted by atomic mass is 10.1. The van der Waals surface area contributed by atoms with Crippen LogP contribution >= 0.6 is 0 Å². The quantitative estimate of drug-likeness (QED) is 0.523. The van der Waals surface area contributed by atoms with E-state index >= 15 is 0 Å². The van der Waals surface area contributed by atoms with E-state index in [1.807, 2.05) is 37.3 Å². The number of aromatic nitrogens is 4. The second-order valence-electron chi connectivity index (χ2n) is 6.97. The van der Waals surface area contributed by atoms with Gasteiger partial charge in [0, 0.05) is 12.1 Å². The van der Waals surface area contributed by atoms with Crippen LogP contribution in [0.1, 0.15) is 17.8 Å². The molecule has 0 aliphatic rings. The number of nitrogens with zero attached hydrogens (tertiary/aromatic N) is 4. The largest absolute Gasteiger partial charge is 0.496 e. The van der Waals surface area contributed by atoms with Gasteiger partial charge in [0.25, 0.3) is 0 Å². The van der Waals surface area contributed by atoms with Crippen molar-refractivity contribution in [1.82, 2.24) is 19.5 Å². The van der Waals surface area contributed by atoms with Crippen LogP contribution in [0.25, 0.3) is 22.4 Å². The van der Waals surface area contributed by atoms with Crippen molar-refractivity contribution < 1.29 is 4.74 Å². The molecule has 0 atom stereocenters. The molecule has 4 rings (SSSR count). The van der Waals surface area contributed by atoms with Crippen LogP contribution in [-0.4, -0.2) is 26.6 Å². The van der Waals surface area contributed by atoms with Crippen molar-refractivity contribution >= 4 is 22.8 Å². The minimum absolute atomic E-state index is 0.378. The average Bonchev–Trinajstić information content (AvgIpc) is 3.02. The molecule has 0 saturated carbocycles. The highest BCUT2D eigenvalue weighted by Gasteiger charge is 2.12. The van der Waals surface area contributed by atoms with E-state index in [1.54, 1.807) is 19.2 Å². The Hall–Kier alpha value is -3.61. The van der Waals surface area contributed by atoms with Crippen LogP contribution in [-0.2, 0) is 13.0 Å². The van der Waals surface area contributed by atoms with Crippen molar-refractivity contribution in [1.29, 1.82) is 0 Å². The van der Waals surface area contributed by atoms with Crippen molar-refractivity contribution in [2.75, 3.05) is 18.6 Å². The van der Waals surface area contributed by atoms with Gasteiger partial charge in [0.05, 0.1) is 12.8 Å². The molecule has 1 aromatic carbocycles. The average molecular weight is 388 g/mol. The van der Waals surface area contributed by atoms with E-state index in [-0.39, 0.29) is 0 Å². The molecule has 0 aliphatic carbocycles. The third-order valence-corrected chi connectivity index (χ3v) is 4.96. The van der Waals surface area contributed by atoms with Crippen molar-refractivity contribution in [3.63, 3.8) is 0 Å². The van der Waals surface area contributed by atoms with Gasteiger partial charge in [0.2, 0.25) is 0 Å². The van der Waals surface area contributed by atoms with Gasteiger partial charge in [-0.25, -0.2) is 15.0 Å². The fourth-order valence-corrected chi connectivity index (χ4v) is 3.60. The van der Waals surface area contributed by atoms with E-state index in [0.717, 1.165) is 53.4 Å². The standard InChI is InChI=1S/C22H24N6O/c1-14-25-18-10-9-17(16-12-20(23)27-21(24)13-16)26-22(18)28(14)11-5-7-15-6-3-4-8-19(15)29-2/h3-4,6,8-10,12-13H,5,7,11H2,1-2H3,(H4,23,24,27). The van der Waals surface area contributed by atoms with Gasteiger partial charge >= 0.3 is 0 Å². The van der Waals surface area contributed by atoms with Crippen LogP contribution in [0.3, 0.4) is 0 Å². The van der Waals surface area contributed by atoms with Crippen LogP contribution in [0, 0.1) is 6.92 Å². The van der Waals surface area contributed by atoms with Crippen molar-refractivity contribution in [3.8, 4) is 17.0 Å². The van der Waals surface area contributed by atoms with Gasteiger partial charge in [0.15, 0.2) is 5.65 Å². The SMILES string of the molecule is COc1ccccc1CCCn1c(C)nc2ccc(-c3cc(N)nc(N)c3)nc21. The minimum Gasteiger partial charge on any atom is -0.496 e. The highest BCUT2D eigenvalue weighted by Crippen LogP contribution is 2.25. The third kappa shape index (κ3) is 3.85. The van der Waals surface area contributed by atoms with E-state index in [1.165, 1.54) is 5.56 Å². The molecule has 148 valence electrons. The minimum atomic E-state index is 0.378. The molecular weight excluding hydrogens is 364 g/mol. The lowest BCUT2D eigenvalue weighted by Gasteiger charge is -2.10.